The maximum Gasteiger partial charge on any atom is 0.254 e. The van der Waals surface area contributed by atoms with Gasteiger partial charge in [-0.15, -0.1) is 0 Å². The summed E-state index contributed by atoms with van der Waals surface area (Å²) in [4.78, 5) is 44.8. The predicted molar refractivity (Wildman–Crippen MR) is 108 cm³/mol. The van der Waals surface area contributed by atoms with Crippen molar-refractivity contribution in [3.05, 3.63) is 59.9 Å². The summed E-state index contributed by atoms with van der Waals surface area (Å²) in [5.41, 5.74) is 2.62. The summed E-state index contributed by atoms with van der Waals surface area (Å²) < 4.78 is 0. The molecule has 3 amide bonds. The normalized spacial score (nSPS) is 17.1. The van der Waals surface area contributed by atoms with E-state index in [9.17, 15) is 14.4 Å². The zero-order chi connectivity index (χ0) is 20.4. The molecule has 2 aromatic carbocycles. The van der Waals surface area contributed by atoms with Crippen LogP contribution in [0.15, 0.2) is 48.5 Å². The van der Waals surface area contributed by atoms with Crippen LogP contribution in [0.3, 0.4) is 0 Å². The molecule has 148 valence electrons. The molecular weight excluding hydrogens is 370 g/mol. The molecule has 3 aromatic rings. The molecule has 2 heterocycles. The van der Waals surface area contributed by atoms with Crippen LogP contribution in [0.4, 0.5) is 5.69 Å². The van der Waals surface area contributed by atoms with Gasteiger partial charge in [0.1, 0.15) is 11.9 Å². The molecule has 0 saturated heterocycles. The van der Waals surface area contributed by atoms with Crippen molar-refractivity contribution < 1.29 is 14.4 Å². The van der Waals surface area contributed by atoms with E-state index in [0.717, 1.165) is 11.0 Å². The zero-order valence-electron chi connectivity index (χ0n) is 15.9. The van der Waals surface area contributed by atoms with Crippen molar-refractivity contribution in [3.8, 4) is 0 Å². The Hall–Kier alpha value is -3.68. The lowest BCUT2D eigenvalue weighted by molar-refractivity contribution is -0.122. The number of amides is 3. The Labute approximate surface area is 167 Å². The molecule has 1 aliphatic heterocycles. The largest absolute Gasteiger partial charge is 0.346 e. The van der Waals surface area contributed by atoms with Crippen LogP contribution in [-0.4, -0.2) is 33.7 Å². The number of aromatic nitrogens is 2. The molecule has 0 bridgehead atoms. The van der Waals surface area contributed by atoms with Gasteiger partial charge in [0.15, 0.2) is 0 Å². The van der Waals surface area contributed by atoms with Crippen LogP contribution in [0, 0.1) is 0 Å². The third-order valence-corrected chi connectivity index (χ3v) is 4.91. The number of H-pyrrole nitrogens is 1. The molecule has 0 unspecified atom stereocenters. The van der Waals surface area contributed by atoms with Crippen molar-refractivity contribution in [1.29, 1.82) is 0 Å². The molecule has 0 radical (unpaired) electrons. The third-order valence-electron chi connectivity index (χ3n) is 4.91. The van der Waals surface area contributed by atoms with Gasteiger partial charge in [-0.25, -0.2) is 4.98 Å². The van der Waals surface area contributed by atoms with Crippen LogP contribution in [0.2, 0.25) is 0 Å². The molecule has 8 nitrogen and oxygen atoms in total. The Balaban J connectivity index is 1.35. The van der Waals surface area contributed by atoms with E-state index in [-0.39, 0.29) is 36.6 Å². The number of nitrogens with zero attached hydrogens (tertiary/aromatic N) is 1. The van der Waals surface area contributed by atoms with E-state index in [4.69, 9.17) is 0 Å². The second-order valence-electron chi connectivity index (χ2n) is 7.03. The number of hydrogen-bond donors (Lipinski definition) is 4. The van der Waals surface area contributed by atoms with E-state index in [0.29, 0.717) is 17.1 Å². The molecule has 29 heavy (non-hydrogen) atoms. The second-order valence-corrected chi connectivity index (χ2v) is 7.03. The van der Waals surface area contributed by atoms with Crippen LogP contribution in [0.5, 0.6) is 0 Å². The van der Waals surface area contributed by atoms with Gasteiger partial charge in [-0.05, 0) is 37.6 Å². The summed E-state index contributed by atoms with van der Waals surface area (Å²) >= 11 is 0. The molecule has 8 heteroatoms. The molecule has 4 rings (SSSR count). The molecule has 1 aromatic heterocycles. The number of carbonyl (C=O) groups is 3. The molecule has 0 spiro atoms. The number of para-hydroxylation sites is 3. The summed E-state index contributed by atoms with van der Waals surface area (Å²) in [5.74, 6) is -0.223. The molecule has 0 saturated carbocycles. The van der Waals surface area contributed by atoms with Gasteiger partial charge in [0.05, 0.1) is 28.3 Å². The number of benzene rings is 2. The first kappa shape index (κ1) is 18.7. The summed E-state index contributed by atoms with van der Waals surface area (Å²) in [6, 6.07) is 13.4. The quantitative estimate of drug-likeness (QED) is 0.534. The van der Waals surface area contributed by atoms with E-state index in [1.165, 1.54) is 0 Å². The highest BCUT2D eigenvalue weighted by Crippen LogP contribution is 2.19. The van der Waals surface area contributed by atoms with Crippen molar-refractivity contribution in [2.45, 2.75) is 31.8 Å². The van der Waals surface area contributed by atoms with E-state index in [1.807, 2.05) is 31.2 Å². The fourth-order valence-corrected chi connectivity index (χ4v) is 3.35. The van der Waals surface area contributed by atoms with Crippen molar-refractivity contribution in [3.63, 3.8) is 0 Å². The first-order chi connectivity index (χ1) is 14.0. The average Bonchev–Trinajstić information content (AvgIpc) is 3.10. The third kappa shape index (κ3) is 3.96. The predicted octanol–water partition coefficient (Wildman–Crippen LogP) is 2.27. The highest BCUT2D eigenvalue weighted by Gasteiger charge is 2.28. The molecule has 1 aliphatic rings. The van der Waals surface area contributed by atoms with Gasteiger partial charge >= 0.3 is 0 Å². The number of anilines is 1. The van der Waals surface area contributed by atoms with Gasteiger partial charge in [0, 0.05) is 6.42 Å². The standard InChI is InChI=1S/C21H21N5O3/c1-12(19-23-15-8-4-5-9-16(15)24-19)22-18(27)11-10-17-21(29)25-14-7-3-2-6-13(14)20(28)26-17/h2-9,12,17H,10-11H2,1H3,(H,22,27)(H,23,24)(H,25,29)(H,26,28)/t12-,17-/m1/s1. The molecule has 0 aliphatic carbocycles. The summed E-state index contributed by atoms with van der Waals surface area (Å²) in [7, 11) is 0. The first-order valence-corrected chi connectivity index (χ1v) is 9.46. The van der Waals surface area contributed by atoms with Crippen molar-refractivity contribution in [1.82, 2.24) is 20.6 Å². The van der Waals surface area contributed by atoms with Crippen LogP contribution in [0.25, 0.3) is 11.0 Å². The van der Waals surface area contributed by atoms with Gasteiger partial charge in [-0.1, -0.05) is 24.3 Å². The van der Waals surface area contributed by atoms with Crippen LogP contribution in [0.1, 0.15) is 42.0 Å². The molecule has 4 N–H and O–H groups in total. The lowest BCUT2D eigenvalue weighted by Gasteiger charge is -2.16. The van der Waals surface area contributed by atoms with Gasteiger partial charge < -0.3 is 20.9 Å². The minimum atomic E-state index is -0.776. The number of rotatable bonds is 5. The van der Waals surface area contributed by atoms with Gasteiger partial charge in [-0.2, -0.15) is 0 Å². The number of nitrogens with one attached hydrogen (secondary N) is 4. The maximum atomic E-state index is 12.4. The number of aromatic amines is 1. The van der Waals surface area contributed by atoms with Crippen LogP contribution < -0.4 is 16.0 Å². The fourth-order valence-electron chi connectivity index (χ4n) is 3.35. The van der Waals surface area contributed by atoms with Gasteiger partial charge in [0.25, 0.3) is 5.91 Å². The molecule has 0 fully saturated rings. The highest BCUT2D eigenvalue weighted by molar-refractivity contribution is 6.09. The Kier molecular flexibility index (Phi) is 4.99. The number of hydrogen-bond acceptors (Lipinski definition) is 4. The van der Waals surface area contributed by atoms with E-state index >= 15 is 0 Å². The highest BCUT2D eigenvalue weighted by atomic mass is 16.2. The maximum absolute atomic E-state index is 12.4. The minimum absolute atomic E-state index is 0.0965. The summed E-state index contributed by atoms with van der Waals surface area (Å²) in [6.07, 6.45) is 0.295. The summed E-state index contributed by atoms with van der Waals surface area (Å²) in [5, 5.41) is 8.31. The SMILES string of the molecule is C[C@@H](NC(=O)CC[C@H]1NC(=O)c2ccccc2NC1=O)c1nc2ccccc2[nH]1. The fraction of sp³-hybridized carbons (Fsp3) is 0.238. The minimum Gasteiger partial charge on any atom is -0.346 e. The monoisotopic (exact) mass is 391 g/mol. The lowest BCUT2D eigenvalue weighted by atomic mass is 10.1. The average molecular weight is 391 g/mol. The van der Waals surface area contributed by atoms with Gasteiger partial charge in [-0.3, -0.25) is 14.4 Å². The first-order valence-electron chi connectivity index (χ1n) is 9.46. The number of fused-ring (bicyclic) bond motifs is 2. The number of imidazole rings is 1. The van der Waals surface area contributed by atoms with E-state index < -0.39 is 6.04 Å². The molecule has 2 atom stereocenters. The Morgan fingerprint density at radius 3 is 2.72 bits per heavy atom. The van der Waals surface area contributed by atoms with Crippen molar-refractivity contribution >= 4 is 34.4 Å². The Morgan fingerprint density at radius 2 is 1.90 bits per heavy atom. The second kappa shape index (κ2) is 7.75. The Morgan fingerprint density at radius 1 is 1.14 bits per heavy atom. The van der Waals surface area contributed by atoms with E-state index in [2.05, 4.69) is 25.9 Å². The number of carbonyl (C=O) groups excluding carboxylic acids is 3. The zero-order valence-corrected chi connectivity index (χ0v) is 15.9. The molecular formula is C21H21N5O3. The summed E-state index contributed by atoms with van der Waals surface area (Å²) in [6.45, 7) is 1.84. The van der Waals surface area contributed by atoms with Crippen LogP contribution in [-0.2, 0) is 9.59 Å². The van der Waals surface area contributed by atoms with Crippen molar-refractivity contribution in [2.75, 3.05) is 5.32 Å². The Bertz CT molecular complexity index is 1060. The lowest BCUT2D eigenvalue weighted by Crippen LogP contribution is -2.42. The topological polar surface area (TPSA) is 116 Å². The van der Waals surface area contributed by atoms with E-state index in [1.54, 1.807) is 24.3 Å². The smallest absolute Gasteiger partial charge is 0.254 e. The van der Waals surface area contributed by atoms with Crippen molar-refractivity contribution in [2.24, 2.45) is 0 Å². The van der Waals surface area contributed by atoms with Gasteiger partial charge in [0.2, 0.25) is 11.8 Å². The van der Waals surface area contributed by atoms with Crippen LogP contribution >= 0.6 is 0 Å².